The van der Waals surface area contributed by atoms with Gasteiger partial charge in [0, 0.05) is 19.3 Å². The topological polar surface area (TPSA) is 78.9 Å². The van der Waals surface area contributed by atoms with Crippen LogP contribution in [0.1, 0.15) is 310 Å². The fourth-order valence-electron chi connectivity index (χ4n) is 8.81. The zero-order valence-electron chi connectivity index (χ0n) is 47.7. The van der Waals surface area contributed by atoms with E-state index in [4.69, 9.17) is 14.2 Å². The lowest BCUT2D eigenvalue weighted by Crippen LogP contribution is -2.30. The van der Waals surface area contributed by atoms with E-state index in [1.807, 2.05) is 0 Å². The normalized spacial score (nSPS) is 12.5. The Bertz CT molecular complexity index is 1340. The summed E-state index contributed by atoms with van der Waals surface area (Å²) in [5.41, 5.74) is 0. The molecule has 6 nitrogen and oxygen atoms in total. The third kappa shape index (κ3) is 57.7. The number of rotatable bonds is 56. The molecule has 0 heterocycles. The lowest BCUT2D eigenvalue weighted by atomic mass is 10.0. The lowest BCUT2D eigenvalue weighted by molar-refractivity contribution is -0.167. The molecule has 0 saturated heterocycles. The van der Waals surface area contributed by atoms with Crippen LogP contribution in [0.15, 0.2) is 72.9 Å². The molecule has 0 amide bonds. The Labute approximate surface area is 446 Å². The van der Waals surface area contributed by atoms with Crippen LogP contribution in [-0.4, -0.2) is 37.2 Å². The Morgan fingerprint density at radius 3 is 0.903 bits per heavy atom. The average Bonchev–Trinajstić information content (AvgIpc) is 3.38. The number of esters is 3. The van der Waals surface area contributed by atoms with Crippen LogP contribution < -0.4 is 0 Å². The Kier molecular flexibility index (Phi) is 57.8. The Balaban J connectivity index is 4.27. The van der Waals surface area contributed by atoms with E-state index in [0.717, 1.165) is 103 Å². The van der Waals surface area contributed by atoms with E-state index in [2.05, 4.69) is 93.7 Å². The molecule has 0 aliphatic rings. The summed E-state index contributed by atoms with van der Waals surface area (Å²) in [5.74, 6) is -0.880. The van der Waals surface area contributed by atoms with Crippen molar-refractivity contribution < 1.29 is 28.6 Å². The van der Waals surface area contributed by atoms with Gasteiger partial charge < -0.3 is 14.2 Å². The van der Waals surface area contributed by atoms with E-state index < -0.39 is 6.10 Å². The first-order valence-corrected chi connectivity index (χ1v) is 30.9. The second-order valence-corrected chi connectivity index (χ2v) is 20.6. The van der Waals surface area contributed by atoms with Crippen molar-refractivity contribution in [3.05, 3.63) is 72.9 Å². The first kappa shape index (κ1) is 68.8. The fourth-order valence-corrected chi connectivity index (χ4v) is 8.81. The van der Waals surface area contributed by atoms with Crippen molar-refractivity contribution >= 4 is 17.9 Å². The molecule has 0 aliphatic carbocycles. The monoisotopic (exact) mass is 1000 g/mol. The minimum atomic E-state index is -0.779. The molecule has 0 fully saturated rings. The van der Waals surface area contributed by atoms with Gasteiger partial charge >= 0.3 is 17.9 Å². The van der Waals surface area contributed by atoms with Gasteiger partial charge in [-0.2, -0.15) is 0 Å². The number of unbranched alkanes of at least 4 members (excludes halogenated alkanes) is 33. The molecule has 0 aliphatic heterocycles. The minimum absolute atomic E-state index is 0.0784. The van der Waals surface area contributed by atoms with Crippen molar-refractivity contribution in [3.8, 4) is 0 Å². The third-order valence-corrected chi connectivity index (χ3v) is 13.4. The summed E-state index contributed by atoms with van der Waals surface area (Å²) in [6.45, 7) is 6.51. The van der Waals surface area contributed by atoms with Gasteiger partial charge in [-0.3, -0.25) is 14.4 Å². The number of hydrogen-bond donors (Lipinski definition) is 0. The average molecular weight is 1010 g/mol. The Hall–Kier alpha value is -3.15. The molecule has 0 spiro atoms. The molecule has 0 radical (unpaired) electrons. The van der Waals surface area contributed by atoms with Gasteiger partial charge in [-0.25, -0.2) is 0 Å². The highest BCUT2D eigenvalue weighted by molar-refractivity contribution is 5.71. The molecule has 0 saturated carbocycles. The number of ether oxygens (including phenoxy) is 3. The molecule has 6 heteroatoms. The lowest BCUT2D eigenvalue weighted by Gasteiger charge is -2.18. The quantitative estimate of drug-likeness (QED) is 0.0261. The number of carbonyl (C=O) groups excluding carboxylic acids is 3. The maximum Gasteiger partial charge on any atom is 0.306 e. The van der Waals surface area contributed by atoms with Crippen LogP contribution in [0.3, 0.4) is 0 Å². The predicted molar refractivity (Wildman–Crippen MR) is 311 cm³/mol. The van der Waals surface area contributed by atoms with Gasteiger partial charge in [0.15, 0.2) is 6.10 Å². The Morgan fingerprint density at radius 2 is 0.556 bits per heavy atom. The van der Waals surface area contributed by atoms with Gasteiger partial charge in [0.2, 0.25) is 0 Å². The molecule has 1 unspecified atom stereocenters. The molecule has 0 N–H and O–H groups in total. The highest BCUT2D eigenvalue weighted by Gasteiger charge is 2.19. The van der Waals surface area contributed by atoms with Crippen molar-refractivity contribution in [3.63, 3.8) is 0 Å². The summed E-state index contributed by atoms with van der Waals surface area (Å²) < 4.78 is 16.9. The van der Waals surface area contributed by atoms with Crippen LogP contribution in [0.2, 0.25) is 0 Å². The standard InChI is InChI=1S/C66H116O6/c1-4-7-10-13-16-19-22-24-26-28-30-31-32-33-34-35-36-38-39-41-44-47-50-53-56-59-65(68)71-62-63(61-70-64(67)58-55-52-49-46-43-21-18-15-12-9-6-3)72-66(69)60-57-54-51-48-45-42-40-37-29-27-25-23-20-17-14-11-8-5-2/h7,10,15-16,18-19,24,26,30-31,33-34,63H,4-6,8-9,11-14,17,20-23,25,27-29,32,35-62H2,1-3H3/b10-7-,18-15-,19-16-,26-24-,31-30-,34-33-. The summed E-state index contributed by atoms with van der Waals surface area (Å²) in [4.78, 5) is 38.2. The van der Waals surface area contributed by atoms with Crippen LogP contribution in [0.25, 0.3) is 0 Å². The SMILES string of the molecule is CC/C=C\C/C=C\C/C=C\C/C=C\C/C=C\CCCCCCCCCCCC(=O)OCC(COC(=O)CCCCCCC/C=C\CCCC)OC(=O)CCCCCCCCCCCCCCCCCCCC. The zero-order chi connectivity index (χ0) is 52.2. The highest BCUT2D eigenvalue weighted by Crippen LogP contribution is 2.17. The molecule has 0 aromatic heterocycles. The fraction of sp³-hybridized carbons (Fsp3) is 0.773. The van der Waals surface area contributed by atoms with E-state index in [1.165, 1.54) is 167 Å². The van der Waals surface area contributed by atoms with Crippen molar-refractivity contribution in [2.45, 2.75) is 316 Å². The van der Waals surface area contributed by atoms with Gasteiger partial charge in [-0.05, 0) is 83.5 Å². The molecule has 72 heavy (non-hydrogen) atoms. The minimum Gasteiger partial charge on any atom is -0.462 e. The van der Waals surface area contributed by atoms with Crippen LogP contribution in [0, 0.1) is 0 Å². The van der Waals surface area contributed by atoms with Gasteiger partial charge in [-0.1, -0.05) is 280 Å². The molecule has 0 rings (SSSR count). The molecule has 0 aromatic rings. The van der Waals surface area contributed by atoms with Crippen LogP contribution in [0.5, 0.6) is 0 Å². The molecule has 0 aromatic carbocycles. The van der Waals surface area contributed by atoms with Crippen LogP contribution in [-0.2, 0) is 28.6 Å². The number of hydrogen-bond acceptors (Lipinski definition) is 6. The van der Waals surface area contributed by atoms with E-state index in [9.17, 15) is 14.4 Å². The van der Waals surface area contributed by atoms with E-state index in [-0.39, 0.29) is 31.1 Å². The maximum atomic E-state index is 12.9. The predicted octanol–water partition coefficient (Wildman–Crippen LogP) is 20.9. The van der Waals surface area contributed by atoms with Crippen molar-refractivity contribution in [1.82, 2.24) is 0 Å². The van der Waals surface area contributed by atoms with Crippen molar-refractivity contribution in [2.75, 3.05) is 13.2 Å². The number of allylic oxidation sites excluding steroid dienone is 12. The van der Waals surface area contributed by atoms with E-state index in [1.54, 1.807) is 0 Å². The third-order valence-electron chi connectivity index (χ3n) is 13.4. The van der Waals surface area contributed by atoms with Gasteiger partial charge in [0.05, 0.1) is 0 Å². The number of carbonyl (C=O) groups is 3. The van der Waals surface area contributed by atoms with Gasteiger partial charge in [-0.15, -0.1) is 0 Å². The van der Waals surface area contributed by atoms with E-state index >= 15 is 0 Å². The largest absolute Gasteiger partial charge is 0.462 e. The summed E-state index contributed by atoms with van der Waals surface area (Å²) in [6, 6.07) is 0. The highest BCUT2D eigenvalue weighted by atomic mass is 16.6. The first-order valence-electron chi connectivity index (χ1n) is 30.9. The van der Waals surface area contributed by atoms with E-state index in [0.29, 0.717) is 19.3 Å². The maximum absolute atomic E-state index is 12.9. The summed E-state index contributed by atoms with van der Waals surface area (Å²) in [7, 11) is 0. The van der Waals surface area contributed by atoms with Gasteiger partial charge in [0.25, 0.3) is 0 Å². The van der Waals surface area contributed by atoms with Crippen LogP contribution in [0.4, 0.5) is 0 Å². The van der Waals surface area contributed by atoms with Crippen molar-refractivity contribution in [2.24, 2.45) is 0 Å². The van der Waals surface area contributed by atoms with Crippen LogP contribution >= 0.6 is 0 Å². The Morgan fingerprint density at radius 1 is 0.292 bits per heavy atom. The summed E-state index contributed by atoms with van der Waals surface area (Å²) >= 11 is 0. The molecule has 0 bridgehead atoms. The van der Waals surface area contributed by atoms with Crippen molar-refractivity contribution in [1.29, 1.82) is 0 Å². The molecular weight excluding hydrogens is 889 g/mol. The first-order chi connectivity index (χ1) is 35.5. The smallest absolute Gasteiger partial charge is 0.306 e. The molecule has 416 valence electrons. The second-order valence-electron chi connectivity index (χ2n) is 20.6. The molecule has 1 atom stereocenters. The molecular formula is C66H116O6. The summed E-state index contributed by atoms with van der Waals surface area (Å²) in [6.07, 6.45) is 77.6. The zero-order valence-corrected chi connectivity index (χ0v) is 47.7. The summed E-state index contributed by atoms with van der Waals surface area (Å²) in [5, 5.41) is 0. The van der Waals surface area contributed by atoms with Gasteiger partial charge in [0.1, 0.15) is 13.2 Å². The second kappa shape index (κ2) is 60.4.